The largest absolute Gasteiger partial charge is 0.444 e. The number of carbonyl (C=O) groups is 1. The van der Waals surface area contributed by atoms with E-state index in [1.54, 1.807) is 4.90 Å². The number of nitrogens with one attached hydrogen (secondary N) is 1. The predicted octanol–water partition coefficient (Wildman–Crippen LogP) is 4.48. The summed E-state index contributed by atoms with van der Waals surface area (Å²) in [7, 11) is 0. The molecule has 1 aliphatic carbocycles. The summed E-state index contributed by atoms with van der Waals surface area (Å²) < 4.78 is 8.13. The second-order valence-corrected chi connectivity index (χ2v) is 10.4. The van der Waals surface area contributed by atoms with Gasteiger partial charge in [-0.15, -0.1) is 0 Å². The number of hydrogen-bond donors (Lipinski definition) is 1. The summed E-state index contributed by atoms with van der Waals surface area (Å²) in [5.41, 5.74) is -0.00324. The smallest absolute Gasteiger partial charge is 0.410 e. The van der Waals surface area contributed by atoms with Crippen molar-refractivity contribution in [3.63, 3.8) is 0 Å². The Labute approximate surface area is 184 Å². The number of fused-ring (bicyclic) bond motifs is 1. The molecule has 1 aliphatic heterocycles. The number of aromatic nitrogens is 2. The lowest BCUT2D eigenvalue weighted by Gasteiger charge is -2.34. The van der Waals surface area contributed by atoms with Gasteiger partial charge in [0.1, 0.15) is 5.60 Å². The molecule has 1 saturated carbocycles. The fourth-order valence-electron chi connectivity index (χ4n) is 3.89. The molecule has 1 saturated heterocycles. The minimum atomic E-state index is -0.496. The Hall–Kier alpha value is -2.09. The van der Waals surface area contributed by atoms with Crippen molar-refractivity contribution < 1.29 is 9.53 Å². The standard InChI is InChI=1S/C22H29BrN4O3/c1-21(2,3)30-20(29)26-12-8-14(9-13-26)24-19-25-17-15(6-5-7-16(17)23)18(28)27(19)22(4)10-11-22/h5-7,14H,8-13H2,1-4H3,(H,24,25). The van der Waals surface area contributed by atoms with E-state index in [4.69, 9.17) is 9.72 Å². The van der Waals surface area contributed by atoms with Gasteiger partial charge in [0, 0.05) is 29.1 Å². The zero-order valence-corrected chi connectivity index (χ0v) is 19.6. The second kappa shape index (κ2) is 7.55. The van der Waals surface area contributed by atoms with Crippen LogP contribution in [0, 0.1) is 0 Å². The number of halogens is 1. The molecule has 1 N–H and O–H groups in total. The third-order valence-electron chi connectivity index (χ3n) is 5.84. The number of hydrogen-bond acceptors (Lipinski definition) is 5. The molecule has 2 heterocycles. The molecule has 4 rings (SSSR count). The first-order chi connectivity index (χ1) is 14.1. The molecule has 2 fully saturated rings. The molecule has 2 aliphatic rings. The summed E-state index contributed by atoms with van der Waals surface area (Å²) in [6.07, 6.45) is 3.23. The number of carbonyl (C=O) groups excluding carboxylic acids is 1. The SMILES string of the molecule is CC(C)(C)OC(=O)N1CCC(Nc2nc3c(Br)cccc3c(=O)n2C2(C)CC2)CC1. The highest BCUT2D eigenvalue weighted by molar-refractivity contribution is 9.10. The van der Waals surface area contributed by atoms with Crippen LogP contribution in [0.4, 0.5) is 10.7 Å². The highest BCUT2D eigenvalue weighted by atomic mass is 79.9. The van der Waals surface area contributed by atoms with Crippen LogP contribution in [-0.4, -0.2) is 45.3 Å². The van der Waals surface area contributed by atoms with Gasteiger partial charge >= 0.3 is 6.09 Å². The molecular weight excluding hydrogens is 448 g/mol. The Morgan fingerprint density at radius 3 is 2.53 bits per heavy atom. The second-order valence-electron chi connectivity index (χ2n) is 9.59. The molecule has 2 aromatic rings. The van der Waals surface area contributed by atoms with Crippen LogP contribution in [0.3, 0.4) is 0 Å². The number of amides is 1. The van der Waals surface area contributed by atoms with Crippen molar-refractivity contribution in [3.8, 4) is 0 Å². The zero-order valence-electron chi connectivity index (χ0n) is 18.0. The third-order valence-corrected chi connectivity index (χ3v) is 6.48. The lowest BCUT2D eigenvalue weighted by Crippen LogP contribution is -2.45. The fourth-order valence-corrected chi connectivity index (χ4v) is 4.35. The number of rotatable bonds is 3. The summed E-state index contributed by atoms with van der Waals surface area (Å²) in [4.78, 5) is 32.2. The Morgan fingerprint density at radius 2 is 1.93 bits per heavy atom. The maximum atomic E-state index is 13.3. The number of nitrogens with zero attached hydrogens (tertiary/aromatic N) is 3. The van der Waals surface area contributed by atoms with Crippen LogP contribution in [0.2, 0.25) is 0 Å². The first kappa shape index (κ1) is 21.2. The van der Waals surface area contributed by atoms with E-state index in [0.29, 0.717) is 29.9 Å². The lowest BCUT2D eigenvalue weighted by atomic mass is 10.1. The van der Waals surface area contributed by atoms with Gasteiger partial charge in [0.05, 0.1) is 10.9 Å². The normalized spacial score (nSPS) is 19.0. The number of ether oxygens (including phenoxy) is 1. The fraction of sp³-hybridized carbons (Fsp3) is 0.591. The van der Waals surface area contributed by atoms with Gasteiger partial charge in [0.2, 0.25) is 5.95 Å². The van der Waals surface area contributed by atoms with Gasteiger partial charge in [0.25, 0.3) is 5.56 Å². The van der Waals surface area contributed by atoms with E-state index in [2.05, 4.69) is 28.2 Å². The number of likely N-dealkylation sites (tertiary alicyclic amines) is 1. The Morgan fingerprint density at radius 1 is 1.27 bits per heavy atom. The molecule has 30 heavy (non-hydrogen) atoms. The van der Waals surface area contributed by atoms with E-state index in [1.807, 2.05) is 43.5 Å². The van der Waals surface area contributed by atoms with Crippen molar-refractivity contribution >= 4 is 38.9 Å². The van der Waals surface area contributed by atoms with Gasteiger partial charge in [0.15, 0.2) is 0 Å². The maximum Gasteiger partial charge on any atom is 0.410 e. The first-order valence-electron chi connectivity index (χ1n) is 10.5. The molecule has 0 unspecified atom stereocenters. The predicted molar refractivity (Wildman–Crippen MR) is 121 cm³/mol. The Balaban J connectivity index is 1.56. The molecule has 0 bridgehead atoms. The van der Waals surface area contributed by atoms with Crippen LogP contribution in [0.5, 0.6) is 0 Å². The summed E-state index contributed by atoms with van der Waals surface area (Å²) >= 11 is 3.53. The van der Waals surface area contributed by atoms with Crippen molar-refractivity contribution in [2.45, 2.75) is 70.6 Å². The Kier molecular flexibility index (Phi) is 5.33. The van der Waals surface area contributed by atoms with Crippen LogP contribution < -0.4 is 10.9 Å². The number of anilines is 1. The molecule has 162 valence electrons. The number of benzene rings is 1. The Bertz CT molecular complexity index is 1030. The number of piperidine rings is 1. The van der Waals surface area contributed by atoms with E-state index < -0.39 is 5.60 Å². The van der Waals surface area contributed by atoms with E-state index in [-0.39, 0.29) is 23.2 Å². The van der Waals surface area contributed by atoms with E-state index in [0.717, 1.165) is 30.2 Å². The summed E-state index contributed by atoms with van der Waals surface area (Å²) in [5, 5.41) is 4.14. The minimum Gasteiger partial charge on any atom is -0.444 e. The van der Waals surface area contributed by atoms with Gasteiger partial charge in [-0.25, -0.2) is 9.78 Å². The summed E-state index contributed by atoms with van der Waals surface area (Å²) in [6, 6.07) is 5.75. The zero-order chi connectivity index (χ0) is 21.7. The van der Waals surface area contributed by atoms with Crippen molar-refractivity contribution in [2.75, 3.05) is 18.4 Å². The molecule has 1 aromatic carbocycles. The van der Waals surface area contributed by atoms with Crippen LogP contribution >= 0.6 is 15.9 Å². The molecule has 0 radical (unpaired) electrons. The highest BCUT2D eigenvalue weighted by Gasteiger charge is 2.42. The quantitative estimate of drug-likeness (QED) is 0.706. The van der Waals surface area contributed by atoms with Gasteiger partial charge < -0.3 is 15.0 Å². The van der Waals surface area contributed by atoms with Gasteiger partial charge in [-0.05, 0) is 81.4 Å². The van der Waals surface area contributed by atoms with Crippen molar-refractivity contribution in [1.29, 1.82) is 0 Å². The average molecular weight is 477 g/mol. The summed E-state index contributed by atoms with van der Waals surface area (Å²) in [5.74, 6) is 0.620. The first-order valence-corrected chi connectivity index (χ1v) is 11.3. The monoisotopic (exact) mass is 476 g/mol. The van der Waals surface area contributed by atoms with Crippen molar-refractivity contribution in [2.24, 2.45) is 0 Å². The molecule has 1 amide bonds. The van der Waals surface area contributed by atoms with Gasteiger partial charge in [-0.2, -0.15) is 0 Å². The van der Waals surface area contributed by atoms with E-state index in [9.17, 15) is 9.59 Å². The molecule has 0 atom stereocenters. The highest BCUT2D eigenvalue weighted by Crippen LogP contribution is 2.44. The minimum absolute atomic E-state index is 0.00464. The average Bonchev–Trinajstić information content (AvgIpc) is 3.40. The lowest BCUT2D eigenvalue weighted by molar-refractivity contribution is 0.0210. The topological polar surface area (TPSA) is 76.5 Å². The van der Waals surface area contributed by atoms with E-state index >= 15 is 0 Å². The van der Waals surface area contributed by atoms with Crippen molar-refractivity contribution in [3.05, 3.63) is 33.0 Å². The van der Waals surface area contributed by atoms with Crippen LogP contribution in [-0.2, 0) is 10.3 Å². The van der Waals surface area contributed by atoms with Gasteiger partial charge in [-0.3, -0.25) is 9.36 Å². The maximum absolute atomic E-state index is 13.3. The molecule has 7 nitrogen and oxygen atoms in total. The number of para-hydroxylation sites is 1. The third kappa shape index (κ3) is 4.19. The molecule has 1 aromatic heterocycles. The van der Waals surface area contributed by atoms with Crippen LogP contribution in [0.1, 0.15) is 53.4 Å². The van der Waals surface area contributed by atoms with E-state index in [1.165, 1.54) is 0 Å². The molecule has 8 heteroatoms. The van der Waals surface area contributed by atoms with Crippen molar-refractivity contribution in [1.82, 2.24) is 14.5 Å². The van der Waals surface area contributed by atoms with Crippen LogP contribution in [0.25, 0.3) is 10.9 Å². The van der Waals surface area contributed by atoms with Gasteiger partial charge in [-0.1, -0.05) is 6.07 Å². The molecule has 0 spiro atoms. The van der Waals surface area contributed by atoms with Crippen LogP contribution in [0.15, 0.2) is 27.5 Å². The summed E-state index contributed by atoms with van der Waals surface area (Å²) in [6.45, 7) is 8.97. The molecular formula is C22H29BrN4O3.